The number of hydrogen-bond acceptors (Lipinski definition) is 4. The number of aliphatic carboxylic acids is 1. The third-order valence-corrected chi connectivity index (χ3v) is 2.99. The second kappa shape index (κ2) is 4.76. The van der Waals surface area contributed by atoms with Gasteiger partial charge in [-0.25, -0.2) is 9.59 Å². The molecule has 0 aromatic heterocycles. The van der Waals surface area contributed by atoms with Gasteiger partial charge in [-0.3, -0.25) is 4.90 Å². The summed E-state index contributed by atoms with van der Waals surface area (Å²) in [5.74, 6) is -1.13. The van der Waals surface area contributed by atoms with Crippen LogP contribution >= 0.6 is 0 Å². The van der Waals surface area contributed by atoms with Gasteiger partial charge in [0.2, 0.25) is 0 Å². The minimum Gasteiger partial charge on any atom is -0.480 e. The number of amides is 1. The third-order valence-electron chi connectivity index (χ3n) is 2.99. The molecular weight excluding hydrogens is 238 g/mol. The van der Waals surface area contributed by atoms with Crippen LogP contribution in [0.2, 0.25) is 0 Å². The second-order valence-electron chi connectivity index (χ2n) is 5.86. The van der Waals surface area contributed by atoms with Crippen molar-refractivity contribution in [2.24, 2.45) is 0 Å². The van der Waals surface area contributed by atoms with E-state index < -0.39 is 29.3 Å². The molecule has 0 aliphatic carbocycles. The van der Waals surface area contributed by atoms with Crippen molar-refractivity contribution in [3.8, 4) is 0 Å². The van der Waals surface area contributed by atoms with Gasteiger partial charge >= 0.3 is 12.1 Å². The Balaban J connectivity index is 2.91. The molecule has 0 spiro atoms. The van der Waals surface area contributed by atoms with Crippen LogP contribution in [0.4, 0.5) is 4.79 Å². The zero-order valence-corrected chi connectivity index (χ0v) is 11.3. The van der Waals surface area contributed by atoms with Crippen LogP contribution in [0.3, 0.4) is 0 Å². The minimum atomic E-state index is -1.42. The number of rotatable bonds is 1. The highest BCUT2D eigenvalue weighted by atomic mass is 16.6. The summed E-state index contributed by atoms with van der Waals surface area (Å²) in [5.41, 5.74) is -2.09. The summed E-state index contributed by atoms with van der Waals surface area (Å²) in [6.07, 6.45) is -0.979. The first-order chi connectivity index (χ1) is 8.06. The summed E-state index contributed by atoms with van der Waals surface area (Å²) in [4.78, 5) is 24.5. The molecule has 0 radical (unpaired) electrons. The van der Waals surface area contributed by atoms with Crippen molar-refractivity contribution in [1.29, 1.82) is 0 Å². The molecule has 1 fully saturated rings. The van der Waals surface area contributed by atoms with Gasteiger partial charge in [0.1, 0.15) is 11.1 Å². The molecule has 0 bridgehead atoms. The van der Waals surface area contributed by atoms with E-state index in [1.54, 1.807) is 20.8 Å². The number of carbonyl (C=O) groups is 2. The SMILES string of the molecule is CC(C)(C)OC(=O)N1CCC(O)CC1(C)C(=O)O. The molecule has 1 aliphatic heterocycles. The zero-order valence-electron chi connectivity index (χ0n) is 11.3. The fourth-order valence-electron chi connectivity index (χ4n) is 2.01. The van der Waals surface area contributed by atoms with Gasteiger partial charge in [0, 0.05) is 13.0 Å². The smallest absolute Gasteiger partial charge is 0.411 e. The van der Waals surface area contributed by atoms with Crippen molar-refractivity contribution in [3.63, 3.8) is 0 Å². The lowest BCUT2D eigenvalue weighted by atomic mass is 9.87. The van der Waals surface area contributed by atoms with Gasteiger partial charge in [-0.1, -0.05) is 0 Å². The molecule has 1 saturated heterocycles. The first kappa shape index (κ1) is 14.8. The average molecular weight is 259 g/mol. The quantitative estimate of drug-likeness (QED) is 0.739. The average Bonchev–Trinajstić information content (AvgIpc) is 2.13. The van der Waals surface area contributed by atoms with E-state index in [4.69, 9.17) is 4.74 Å². The standard InChI is InChI=1S/C12H21NO5/c1-11(2,3)18-10(17)13-6-5-8(14)7-12(13,4)9(15)16/h8,14H,5-7H2,1-4H3,(H,15,16). The molecule has 1 heterocycles. The van der Waals surface area contributed by atoms with Crippen molar-refractivity contribution in [1.82, 2.24) is 4.90 Å². The Kier molecular flexibility index (Phi) is 3.90. The lowest BCUT2D eigenvalue weighted by Gasteiger charge is -2.43. The van der Waals surface area contributed by atoms with E-state index in [9.17, 15) is 19.8 Å². The molecule has 0 saturated carbocycles. The topological polar surface area (TPSA) is 87.1 Å². The Morgan fingerprint density at radius 2 is 1.94 bits per heavy atom. The summed E-state index contributed by atoms with van der Waals surface area (Å²) in [7, 11) is 0. The number of hydrogen-bond donors (Lipinski definition) is 2. The van der Waals surface area contributed by atoms with E-state index in [-0.39, 0.29) is 13.0 Å². The van der Waals surface area contributed by atoms with Gasteiger partial charge < -0.3 is 14.9 Å². The Morgan fingerprint density at radius 3 is 2.39 bits per heavy atom. The molecule has 6 nitrogen and oxygen atoms in total. The number of aliphatic hydroxyl groups is 1. The van der Waals surface area contributed by atoms with Gasteiger partial charge in [-0.15, -0.1) is 0 Å². The maximum Gasteiger partial charge on any atom is 0.411 e. The van der Waals surface area contributed by atoms with Gasteiger partial charge in [0.15, 0.2) is 0 Å². The van der Waals surface area contributed by atoms with Crippen LogP contribution < -0.4 is 0 Å². The lowest BCUT2D eigenvalue weighted by molar-refractivity contribution is -0.155. The van der Waals surface area contributed by atoms with Crippen LogP contribution in [0, 0.1) is 0 Å². The Morgan fingerprint density at radius 1 is 1.39 bits per heavy atom. The van der Waals surface area contributed by atoms with E-state index in [0.29, 0.717) is 6.42 Å². The molecule has 1 rings (SSSR count). The second-order valence-corrected chi connectivity index (χ2v) is 5.86. The number of aliphatic hydroxyl groups excluding tert-OH is 1. The van der Waals surface area contributed by atoms with E-state index in [1.807, 2.05) is 0 Å². The van der Waals surface area contributed by atoms with Crippen molar-refractivity contribution in [3.05, 3.63) is 0 Å². The maximum absolute atomic E-state index is 12.0. The number of carbonyl (C=O) groups excluding carboxylic acids is 1. The molecular formula is C12H21NO5. The highest BCUT2D eigenvalue weighted by Gasteiger charge is 2.48. The Labute approximate surface area is 107 Å². The Hall–Kier alpha value is -1.30. The van der Waals surface area contributed by atoms with Gasteiger partial charge in [0.05, 0.1) is 6.10 Å². The van der Waals surface area contributed by atoms with Crippen LogP contribution in [0.5, 0.6) is 0 Å². The minimum absolute atomic E-state index is 0.0155. The lowest BCUT2D eigenvalue weighted by Crippen LogP contribution is -2.60. The molecule has 18 heavy (non-hydrogen) atoms. The predicted octanol–water partition coefficient (Wildman–Crippen LogP) is 1.22. The van der Waals surface area contributed by atoms with Gasteiger partial charge in [0.25, 0.3) is 0 Å². The largest absolute Gasteiger partial charge is 0.480 e. The molecule has 1 amide bonds. The maximum atomic E-state index is 12.0. The molecule has 6 heteroatoms. The molecule has 2 atom stereocenters. The molecule has 1 aliphatic rings. The van der Waals surface area contributed by atoms with E-state index in [2.05, 4.69) is 0 Å². The van der Waals surface area contributed by atoms with Gasteiger partial charge in [-0.2, -0.15) is 0 Å². The van der Waals surface area contributed by atoms with Crippen LogP contribution in [-0.2, 0) is 9.53 Å². The van der Waals surface area contributed by atoms with Crippen LogP contribution in [0.1, 0.15) is 40.5 Å². The van der Waals surface area contributed by atoms with Gasteiger partial charge in [-0.05, 0) is 34.1 Å². The summed E-state index contributed by atoms with van der Waals surface area (Å²) in [6, 6.07) is 0. The van der Waals surface area contributed by atoms with Crippen molar-refractivity contribution in [2.75, 3.05) is 6.54 Å². The molecule has 2 unspecified atom stereocenters. The third kappa shape index (κ3) is 3.13. The molecule has 104 valence electrons. The first-order valence-corrected chi connectivity index (χ1v) is 5.98. The monoisotopic (exact) mass is 259 g/mol. The first-order valence-electron chi connectivity index (χ1n) is 5.98. The van der Waals surface area contributed by atoms with E-state index >= 15 is 0 Å². The summed E-state index contributed by atoms with van der Waals surface area (Å²) in [6.45, 7) is 6.78. The summed E-state index contributed by atoms with van der Waals surface area (Å²) in [5, 5.41) is 18.9. The fourth-order valence-corrected chi connectivity index (χ4v) is 2.01. The number of carboxylic acid groups (broad SMARTS) is 1. The molecule has 0 aromatic rings. The number of nitrogens with zero attached hydrogens (tertiary/aromatic N) is 1. The summed E-state index contributed by atoms with van der Waals surface area (Å²) >= 11 is 0. The van der Waals surface area contributed by atoms with Crippen LogP contribution in [-0.4, -0.2) is 51.0 Å². The van der Waals surface area contributed by atoms with Crippen LogP contribution in [0.25, 0.3) is 0 Å². The highest BCUT2D eigenvalue weighted by molar-refractivity contribution is 5.84. The predicted molar refractivity (Wildman–Crippen MR) is 64.2 cm³/mol. The van der Waals surface area contributed by atoms with E-state index in [0.717, 1.165) is 0 Å². The van der Waals surface area contributed by atoms with Crippen LogP contribution in [0.15, 0.2) is 0 Å². The van der Waals surface area contributed by atoms with Crippen molar-refractivity contribution >= 4 is 12.1 Å². The van der Waals surface area contributed by atoms with Crippen molar-refractivity contribution < 1.29 is 24.5 Å². The molecule has 0 aromatic carbocycles. The normalized spacial score (nSPS) is 28.9. The highest BCUT2D eigenvalue weighted by Crippen LogP contribution is 2.30. The number of piperidine rings is 1. The zero-order chi connectivity index (χ0) is 14.1. The van der Waals surface area contributed by atoms with E-state index in [1.165, 1.54) is 11.8 Å². The summed E-state index contributed by atoms with van der Waals surface area (Å²) < 4.78 is 5.20. The molecule has 2 N–H and O–H groups in total. The number of carboxylic acids is 1. The Bertz CT molecular complexity index is 349. The number of likely N-dealkylation sites (tertiary alicyclic amines) is 1. The van der Waals surface area contributed by atoms with Crippen molar-refractivity contribution in [2.45, 2.75) is 57.8 Å². The number of ether oxygens (including phenoxy) is 1. The fraction of sp³-hybridized carbons (Fsp3) is 0.833.